The van der Waals surface area contributed by atoms with Gasteiger partial charge >= 0.3 is 0 Å². The van der Waals surface area contributed by atoms with Crippen molar-refractivity contribution in [3.05, 3.63) is 0 Å². The molecule has 0 N–H and O–H groups in total. The average Bonchev–Trinajstić information content (AvgIpc) is 2.62. The highest BCUT2D eigenvalue weighted by Gasteiger charge is 2.51. The van der Waals surface area contributed by atoms with Gasteiger partial charge in [0.2, 0.25) is 0 Å². The van der Waals surface area contributed by atoms with E-state index < -0.39 is 0 Å². The van der Waals surface area contributed by atoms with Crippen LogP contribution in [0.15, 0.2) is 0 Å². The predicted octanol–water partition coefficient (Wildman–Crippen LogP) is 8.25. The van der Waals surface area contributed by atoms with E-state index in [2.05, 4.69) is 20.8 Å². The largest absolute Gasteiger partial charge is 0.299 e. The van der Waals surface area contributed by atoms with Crippen molar-refractivity contribution >= 4 is 5.78 Å². The second kappa shape index (κ2) is 13.8. The maximum Gasteiger partial charge on any atom is 0.139 e. The normalized spacial score (nSPS) is 23.0. The summed E-state index contributed by atoms with van der Waals surface area (Å²) in [6.45, 7) is 6.77. The van der Waals surface area contributed by atoms with Crippen molar-refractivity contribution in [2.45, 2.75) is 136 Å². The van der Waals surface area contributed by atoms with E-state index in [0.29, 0.717) is 11.7 Å². The van der Waals surface area contributed by atoms with Crippen LogP contribution in [0.4, 0.5) is 0 Å². The molecule has 148 valence electrons. The minimum absolute atomic E-state index is 0.0911. The zero-order valence-corrected chi connectivity index (χ0v) is 17.7. The highest BCUT2D eigenvalue weighted by molar-refractivity contribution is 5.91. The Morgan fingerprint density at radius 3 is 1.64 bits per heavy atom. The summed E-state index contributed by atoms with van der Waals surface area (Å²) in [6, 6.07) is 0. The Balaban J connectivity index is 1.98. The van der Waals surface area contributed by atoms with Crippen LogP contribution in [0, 0.1) is 11.3 Å². The van der Waals surface area contributed by atoms with Crippen LogP contribution in [-0.4, -0.2) is 5.78 Å². The molecule has 0 aromatic carbocycles. The van der Waals surface area contributed by atoms with Gasteiger partial charge in [0.05, 0.1) is 0 Å². The van der Waals surface area contributed by atoms with Gasteiger partial charge in [-0.25, -0.2) is 0 Å². The van der Waals surface area contributed by atoms with E-state index >= 15 is 0 Å². The number of Topliss-reactive ketones (excluding diaryl/α,β-unsaturated/α-hetero) is 1. The summed E-state index contributed by atoms with van der Waals surface area (Å²) < 4.78 is 0. The zero-order chi connectivity index (χ0) is 18.4. The van der Waals surface area contributed by atoms with Crippen LogP contribution >= 0.6 is 0 Å². The first-order valence-electron chi connectivity index (χ1n) is 11.7. The van der Waals surface area contributed by atoms with Crippen molar-refractivity contribution in [3.8, 4) is 0 Å². The number of carbonyl (C=O) groups is 1. The van der Waals surface area contributed by atoms with Gasteiger partial charge in [-0.3, -0.25) is 4.79 Å². The lowest BCUT2D eigenvalue weighted by Gasteiger charge is -2.48. The molecule has 0 aliphatic heterocycles. The minimum Gasteiger partial charge on any atom is -0.299 e. The first-order valence-corrected chi connectivity index (χ1v) is 11.7. The molecule has 0 heterocycles. The van der Waals surface area contributed by atoms with Crippen molar-refractivity contribution < 1.29 is 4.79 Å². The van der Waals surface area contributed by atoms with Crippen molar-refractivity contribution in [2.75, 3.05) is 0 Å². The molecule has 1 nitrogen and oxygen atoms in total. The van der Waals surface area contributed by atoms with Gasteiger partial charge in [0, 0.05) is 11.8 Å². The molecule has 0 amide bonds. The monoisotopic (exact) mass is 350 g/mol. The lowest BCUT2D eigenvalue weighted by atomic mass is 9.54. The number of carbonyl (C=O) groups excluding carboxylic acids is 1. The van der Waals surface area contributed by atoms with Gasteiger partial charge in [0.15, 0.2) is 0 Å². The van der Waals surface area contributed by atoms with Crippen LogP contribution in [0.2, 0.25) is 0 Å². The third-order valence-corrected chi connectivity index (χ3v) is 6.78. The second-order valence-electron chi connectivity index (χ2n) is 8.62. The summed E-state index contributed by atoms with van der Waals surface area (Å²) in [5.74, 6) is 1.28. The SMILES string of the molecule is CCCCCCCCCCCCCCC1CC(=O)C1(CC)CCCC. The average molecular weight is 351 g/mol. The molecule has 0 spiro atoms. The van der Waals surface area contributed by atoms with E-state index in [-0.39, 0.29) is 5.41 Å². The van der Waals surface area contributed by atoms with Crippen LogP contribution in [0.5, 0.6) is 0 Å². The molecule has 1 aliphatic carbocycles. The maximum atomic E-state index is 12.2. The van der Waals surface area contributed by atoms with Crippen molar-refractivity contribution in [2.24, 2.45) is 11.3 Å². The molecule has 1 heteroatoms. The van der Waals surface area contributed by atoms with Gasteiger partial charge in [-0.2, -0.15) is 0 Å². The number of hydrogen-bond acceptors (Lipinski definition) is 1. The Kier molecular flexibility index (Phi) is 12.6. The van der Waals surface area contributed by atoms with Crippen LogP contribution in [0.25, 0.3) is 0 Å². The van der Waals surface area contributed by atoms with E-state index in [1.54, 1.807) is 0 Å². The van der Waals surface area contributed by atoms with Gasteiger partial charge in [-0.05, 0) is 25.2 Å². The number of ketones is 1. The minimum atomic E-state index is 0.0911. The summed E-state index contributed by atoms with van der Waals surface area (Å²) in [6.07, 6.45) is 23.9. The molecular weight excluding hydrogens is 304 g/mol. The predicted molar refractivity (Wildman–Crippen MR) is 111 cm³/mol. The fraction of sp³-hybridized carbons (Fsp3) is 0.958. The summed E-state index contributed by atoms with van der Waals surface area (Å²) in [5, 5.41) is 0. The summed E-state index contributed by atoms with van der Waals surface area (Å²) in [7, 11) is 0. The molecule has 1 saturated carbocycles. The molecular formula is C24H46O. The van der Waals surface area contributed by atoms with Gasteiger partial charge in [-0.1, -0.05) is 111 Å². The fourth-order valence-electron chi connectivity index (χ4n) is 4.83. The summed E-state index contributed by atoms with van der Waals surface area (Å²) in [5.41, 5.74) is 0.0911. The molecule has 1 rings (SSSR count). The van der Waals surface area contributed by atoms with Gasteiger partial charge < -0.3 is 0 Å². The Bertz CT molecular complexity index is 335. The lowest BCUT2D eigenvalue weighted by molar-refractivity contribution is -0.148. The number of unbranched alkanes of at least 4 members (excludes halogenated alkanes) is 12. The molecule has 0 aromatic rings. The number of rotatable bonds is 17. The molecule has 1 fully saturated rings. The number of hydrogen-bond donors (Lipinski definition) is 0. The van der Waals surface area contributed by atoms with Crippen LogP contribution in [-0.2, 0) is 4.79 Å². The van der Waals surface area contributed by atoms with Crippen LogP contribution in [0.1, 0.15) is 136 Å². The van der Waals surface area contributed by atoms with Crippen LogP contribution in [0.3, 0.4) is 0 Å². The quantitative estimate of drug-likeness (QED) is 0.241. The molecule has 0 saturated heterocycles. The third-order valence-electron chi connectivity index (χ3n) is 6.78. The summed E-state index contributed by atoms with van der Waals surface area (Å²) >= 11 is 0. The first-order chi connectivity index (χ1) is 12.2. The highest BCUT2D eigenvalue weighted by Crippen LogP contribution is 2.51. The van der Waals surface area contributed by atoms with Crippen molar-refractivity contribution in [3.63, 3.8) is 0 Å². The van der Waals surface area contributed by atoms with E-state index in [1.165, 1.54) is 96.3 Å². The van der Waals surface area contributed by atoms with Gasteiger partial charge in [0.25, 0.3) is 0 Å². The first kappa shape index (κ1) is 22.7. The standard InChI is InChI=1S/C24H46O/c1-4-7-9-10-11-12-13-14-15-16-17-18-19-22-21-23(25)24(22,6-3)20-8-5-2/h22H,4-21H2,1-3H3. The highest BCUT2D eigenvalue weighted by atomic mass is 16.1. The van der Waals surface area contributed by atoms with E-state index in [1.807, 2.05) is 0 Å². The third kappa shape index (κ3) is 7.83. The molecule has 2 unspecified atom stereocenters. The van der Waals surface area contributed by atoms with Gasteiger partial charge in [-0.15, -0.1) is 0 Å². The lowest BCUT2D eigenvalue weighted by Crippen LogP contribution is -2.49. The fourth-order valence-corrected chi connectivity index (χ4v) is 4.83. The molecule has 25 heavy (non-hydrogen) atoms. The summed E-state index contributed by atoms with van der Waals surface area (Å²) in [4.78, 5) is 12.2. The molecule has 2 atom stereocenters. The van der Waals surface area contributed by atoms with Crippen molar-refractivity contribution in [1.29, 1.82) is 0 Å². The van der Waals surface area contributed by atoms with Crippen LogP contribution < -0.4 is 0 Å². The Labute approximate surface area is 158 Å². The topological polar surface area (TPSA) is 17.1 Å². The van der Waals surface area contributed by atoms with Gasteiger partial charge in [0.1, 0.15) is 5.78 Å². The Hall–Kier alpha value is -0.330. The van der Waals surface area contributed by atoms with E-state index in [9.17, 15) is 4.79 Å². The Morgan fingerprint density at radius 2 is 1.20 bits per heavy atom. The van der Waals surface area contributed by atoms with E-state index in [4.69, 9.17) is 0 Å². The maximum absolute atomic E-state index is 12.2. The zero-order valence-electron chi connectivity index (χ0n) is 17.7. The Morgan fingerprint density at radius 1 is 0.720 bits per heavy atom. The second-order valence-corrected chi connectivity index (χ2v) is 8.62. The molecule has 0 radical (unpaired) electrons. The molecule has 1 aliphatic rings. The van der Waals surface area contributed by atoms with Crippen molar-refractivity contribution in [1.82, 2.24) is 0 Å². The smallest absolute Gasteiger partial charge is 0.139 e. The molecule has 0 bridgehead atoms. The van der Waals surface area contributed by atoms with E-state index in [0.717, 1.165) is 19.3 Å². The molecule has 0 aromatic heterocycles.